The summed E-state index contributed by atoms with van der Waals surface area (Å²) in [6.07, 6.45) is -4.10. The third kappa shape index (κ3) is 4.86. The minimum Gasteiger partial charge on any atom is -0.318 e. The molecule has 11 heteroatoms. The van der Waals surface area contributed by atoms with Gasteiger partial charge in [0.15, 0.2) is 0 Å². The molecular weight excluding hydrogens is 411 g/mol. The second-order valence-electron chi connectivity index (χ2n) is 6.28. The molecule has 3 rings (SSSR count). The summed E-state index contributed by atoms with van der Waals surface area (Å²) >= 11 is 0. The van der Waals surface area contributed by atoms with E-state index in [-0.39, 0.29) is 17.1 Å². The van der Waals surface area contributed by atoms with E-state index in [0.29, 0.717) is 24.7 Å². The molecule has 0 atom stereocenters. The standard InChI is InChI=1S/C18H16F3N3O4S/c19-18(20,21)12-4-1-5-13(10-12)22-16(25)17(26)23-14-6-2-7-15(11-14)24-8-3-9-29(24,27)28/h1-2,4-7,10-11H,3,8-9H2,(H,22,25)(H,23,26). The number of nitrogens with zero attached hydrogens (tertiary/aromatic N) is 1. The average molecular weight is 427 g/mol. The molecule has 2 aromatic rings. The summed E-state index contributed by atoms with van der Waals surface area (Å²) in [5, 5.41) is 4.40. The lowest BCUT2D eigenvalue weighted by atomic mass is 10.2. The summed E-state index contributed by atoms with van der Waals surface area (Å²) in [4.78, 5) is 24.1. The highest BCUT2D eigenvalue weighted by molar-refractivity contribution is 7.93. The lowest BCUT2D eigenvalue weighted by Gasteiger charge is -2.17. The lowest BCUT2D eigenvalue weighted by molar-refractivity contribution is -0.137. The van der Waals surface area contributed by atoms with Crippen LogP contribution in [0.25, 0.3) is 0 Å². The number of nitrogens with one attached hydrogen (secondary N) is 2. The number of hydrogen-bond acceptors (Lipinski definition) is 4. The maximum absolute atomic E-state index is 12.7. The van der Waals surface area contributed by atoms with Gasteiger partial charge >= 0.3 is 18.0 Å². The Balaban J connectivity index is 1.69. The van der Waals surface area contributed by atoms with Gasteiger partial charge in [0.25, 0.3) is 0 Å². The topological polar surface area (TPSA) is 95.6 Å². The molecule has 2 amide bonds. The number of carbonyl (C=O) groups is 2. The molecule has 0 aliphatic carbocycles. The van der Waals surface area contributed by atoms with Gasteiger partial charge < -0.3 is 10.6 Å². The summed E-state index contributed by atoms with van der Waals surface area (Å²) in [6, 6.07) is 9.82. The first-order valence-corrected chi connectivity index (χ1v) is 10.1. The van der Waals surface area contributed by atoms with Gasteiger partial charge in [-0.3, -0.25) is 13.9 Å². The number of carbonyl (C=O) groups excluding carboxylic acids is 2. The van der Waals surface area contributed by atoms with Crippen LogP contribution in [0.15, 0.2) is 48.5 Å². The summed E-state index contributed by atoms with van der Waals surface area (Å²) < 4.78 is 63.4. The Kier molecular flexibility index (Phi) is 5.51. The van der Waals surface area contributed by atoms with Gasteiger partial charge in [-0.15, -0.1) is 0 Å². The van der Waals surface area contributed by atoms with E-state index in [4.69, 9.17) is 0 Å². The molecule has 1 fully saturated rings. The van der Waals surface area contributed by atoms with Crippen LogP contribution in [0.3, 0.4) is 0 Å². The highest BCUT2D eigenvalue weighted by Crippen LogP contribution is 2.30. The lowest BCUT2D eigenvalue weighted by Crippen LogP contribution is -2.29. The molecule has 7 nitrogen and oxygen atoms in total. The van der Waals surface area contributed by atoms with E-state index in [9.17, 15) is 31.2 Å². The fourth-order valence-electron chi connectivity index (χ4n) is 2.82. The number of hydrogen-bond donors (Lipinski definition) is 2. The fourth-order valence-corrected chi connectivity index (χ4v) is 4.37. The third-order valence-corrected chi connectivity index (χ3v) is 6.01. The molecular formula is C18H16F3N3O4S. The molecule has 1 aliphatic heterocycles. The van der Waals surface area contributed by atoms with Gasteiger partial charge in [0.2, 0.25) is 10.0 Å². The van der Waals surface area contributed by atoms with E-state index in [1.54, 1.807) is 6.07 Å². The smallest absolute Gasteiger partial charge is 0.318 e. The quantitative estimate of drug-likeness (QED) is 0.737. The van der Waals surface area contributed by atoms with Crippen molar-refractivity contribution >= 4 is 38.9 Å². The zero-order chi connectivity index (χ0) is 21.2. The van der Waals surface area contributed by atoms with Crippen LogP contribution in [0, 0.1) is 0 Å². The van der Waals surface area contributed by atoms with E-state index >= 15 is 0 Å². The zero-order valence-electron chi connectivity index (χ0n) is 14.9. The summed E-state index contributed by atoms with van der Waals surface area (Å²) in [5.41, 5.74) is -0.625. The summed E-state index contributed by atoms with van der Waals surface area (Å²) in [6.45, 7) is 0.315. The number of benzene rings is 2. The molecule has 0 saturated carbocycles. The number of rotatable bonds is 3. The first kappa shape index (κ1) is 20.6. The predicted molar refractivity (Wildman–Crippen MR) is 101 cm³/mol. The zero-order valence-corrected chi connectivity index (χ0v) is 15.7. The van der Waals surface area contributed by atoms with Crippen molar-refractivity contribution in [3.05, 3.63) is 54.1 Å². The van der Waals surface area contributed by atoms with Gasteiger partial charge in [-0.05, 0) is 42.8 Å². The van der Waals surface area contributed by atoms with Gasteiger partial charge in [-0.1, -0.05) is 12.1 Å². The van der Waals surface area contributed by atoms with Crippen LogP contribution in [0.4, 0.5) is 30.2 Å². The van der Waals surface area contributed by atoms with Crippen molar-refractivity contribution < 1.29 is 31.2 Å². The van der Waals surface area contributed by atoms with Crippen LogP contribution < -0.4 is 14.9 Å². The van der Waals surface area contributed by atoms with E-state index in [1.807, 2.05) is 0 Å². The Morgan fingerprint density at radius 3 is 2.07 bits per heavy atom. The van der Waals surface area contributed by atoms with E-state index in [1.165, 1.54) is 28.6 Å². The van der Waals surface area contributed by atoms with Crippen molar-refractivity contribution in [1.82, 2.24) is 0 Å². The number of sulfonamides is 1. The maximum Gasteiger partial charge on any atom is 0.416 e. The van der Waals surface area contributed by atoms with Crippen molar-refractivity contribution in [3.63, 3.8) is 0 Å². The second-order valence-corrected chi connectivity index (χ2v) is 8.29. The monoisotopic (exact) mass is 427 g/mol. The van der Waals surface area contributed by atoms with Crippen LogP contribution in [-0.2, 0) is 25.8 Å². The molecule has 1 aliphatic rings. The van der Waals surface area contributed by atoms with E-state index in [0.717, 1.165) is 12.1 Å². The van der Waals surface area contributed by atoms with Crippen LogP contribution in [0.1, 0.15) is 12.0 Å². The largest absolute Gasteiger partial charge is 0.416 e. The van der Waals surface area contributed by atoms with Gasteiger partial charge in [0.1, 0.15) is 0 Å². The van der Waals surface area contributed by atoms with Gasteiger partial charge in [-0.2, -0.15) is 13.2 Å². The van der Waals surface area contributed by atoms with Crippen molar-refractivity contribution in [2.24, 2.45) is 0 Å². The third-order valence-electron chi connectivity index (χ3n) is 4.15. The van der Waals surface area contributed by atoms with E-state index < -0.39 is 33.6 Å². The fraction of sp³-hybridized carbons (Fsp3) is 0.222. The number of anilines is 3. The van der Waals surface area contributed by atoms with Crippen molar-refractivity contribution in [2.45, 2.75) is 12.6 Å². The molecule has 1 saturated heterocycles. The number of amides is 2. The molecule has 0 spiro atoms. The van der Waals surface area contributed by atoms with Crippen LogP contribution in [0.5, 0.6) is 0 Å². The van der Waals surface area contributed by atoms with Crippen LogP contribution in [-0.4, -0.2) is 32.5 Å². The van der Waals surface area contributed by atoms with Crippen molar-refractivity contribution in [2.75, 3.05) is 27.2 Å². The van der Waals surface area contributed by atoms with Gasteiger partial charge in [-0.25, -0.2) is 8.42 Å². The SMILES string of the molecule is O=C(Nc1cccc(N2CCCS2(=O)=O)c1)C(=O)Nc1cccc(C(F)(F)F)c1. The van der Waals surface area contributed by atoms with Crippen LogP contribution in [0.2, 0.25) is 0 Å². The van der Waals surface area contributed by atoms with E-state index in [2.05, 4.69) is 10.6 Å². The Labute approximate surface area is 164 Å². The molecule has 0 bridgehead atoms. The second kappa shape index (κ2) is 7.74. The highest BCUT2D eigenvalue weighted by Gasteiger charge is 2.31. The molecule has 2 N–H and O–H groups in total. The predicted octanol–water partition coefficient (Wildman–Crippen LogP) is 2.82. The molecule has 2 aromatic carbocycles. The normalized spacial score (nSPS) is 15.8. The Morgan fingerprint density at radius 1 is 0.931 bits per heavy atom. The minimum atomic E-state index is -4.58. The summed E-state index contributed by atoms with van der Waals surface area (Å²) in [5.74, 6) is -2.24. The Bertz CT molecular complexity index is 1050. The van der Waals surface area contributed by atoms with Gasteiger partial charge in [0, 0.05) is 17.9 Å². The Morgan fingerprint density at radius 2 is 1.52 bits per heavy atom. The Hall–Kier alpha value is -3.08. The number of halogens is 3. The molecule has 29 heavy (non-hydrogen) atoms. The van der Waals surface area contributed by atoms with Crippen molar-refractivity contribution in [3.8, 4) is 0 Å². The molecule has 0 unspecified atom stereocenters. The van der Waals surface area contributed by atoms with Crippen LogP contribution >= 0.6 is 0 Å². The molecule has 0 radical (unpaired) electrons. The molecule has 0 aromatic heterocycles. The van der Waals surface area contributed by atoms with Crippen molar-refractivity contribution in [1.29, 1.82) is 0 Å². The molecule has 154 valence electrons. The first-order valence-electron chi connectivity index (χ1n) is 8.46. The first-order chi connectivity index (χ1) is 13.6. The highest BCUT2D eigenvalue weighted by atomic mass is 32.2. The summed E-state index contributed by atoms with van der Waals surface area (Å²) in [7, 11) is -3.41. The van der Waals surface area contributed by atoms with Gasteiger partial charge in [0.05, 0.1) is 17.0 Å². The average Bonchev–Trinajstić information content (AvgIpc) is 3.00. The maximum atomic E-state index is 12.7. The molecule has 1 heterocycles. The minimum absolute atomic E-state index is 0.0307. The number of alkyl halides is 3.